The first-order chi connectivity index (χ1) is 17.5. The Morgan fingerprint density at radius 1 is 0.972 bits per heavy atom. The highest BCUT2D eigenvalue weighted by Crippen LogP contribution is 2.19. The summed E-state index contributed by atoms with van der Waals surface area (Å²) in [5.74, 6) is 0.446. The van der Waals surface area contributed by atoms with Crippen molar-refractivity contribution in [2.45, 2.75) is 19.9 Å². The van der Waals surface area contributed by atoms with Gasteiger partial charge < -0.3 is 10.1 Å². The summed E-state index contributed by atoms with van der Waals surface area (Å²) in [5.41, 5.74) is 4.02. The molecule has 0 unspecified atom stereocenters. The minimum absolute atomic E-state index is 0.125. The molecular weight excluding hydrogens is 452 g/mol. The summed E-state index contributed by atoms with van der Waals surface area (Å²) < 4.78 is 7.06. The molecule has 0 spiro atoms. The Morgan fingerprint density at radius 2 is 1.67 bits per heavy atom. The molecule has 1 aliphatic rings. The number of ether oxygens (including phenoxy) is 1. The molecule has 1 saturated heterocycles. The molecule has 1 amide bonds. The van der Waals surface area contributed by atoms with Crippen molar-refractivity contribution in [1.82, 2.24) is 19.8 Å². The van der Waals surface area contributed by atoms with Crippen LogP contribution >= 0.6 is 0 Å². The quantitative estimate of drug-likeness (QED) is 0.452. The molecule has 0 radical (unpaired) electrons. The van der Waals surface area contributed by atoms with Crippen LogP contribution in [0.3, 0.4) is 0 Å². The molecule has 36 heavy (non-hydrogen) atoms. The largest absolute Gasteiger partial charge is 0.379 e. The second-order valence-corrected chi connectivity index (χ2v) is 9.21. The number of hydrogen-bond acceptors (Lipinski definition) is 5. The average Bonchev–Trinajstić information content (AvgIpc) is 2.90. The third-order valence-electron chi connectivity index (χ3n) is 6.66. The number of rotatable bonds is 6. The number of benzene rings is 3. The Kier molecular flexibility index (Phi) is 6.93. The highest BCUT2D eigenvalue weighted by molar-refractivity contribution is 5.94. The number of carbonyl (C=O) groups excluding carboxylic acids is 1. The van der Waals surface area contributed by atoms with Crippen molar-refractivity contribution in [3.8, 4) is 5.69 Å². The molecule has 5 rings (SSSR count). The Balaban J connectivity index is 1.38. The van der Waals surface area contributed by atoms with E-state index in [1.807, 2.05) is 25.1 Å². The summed E-state index contributed by atoms with van der Waals surface area (Å²) in [6, 6.07) is 22.6. The normalized spacial score (nSPS) is 15.1. The van der Waals surface area contributed by atoms with Crippen LogP contribution in [0.25, 0.3) is 16.6 Å². The SMILES string of the molecule is Cc1ccc([C@H](CN2CCOCC2)NC(=O)c2ccc(-n3c(C)nc4ccccc4c3=O)cc2)cc1. The molecule has 1 N–H and O–H groups in total. The number of carbonyl (C=O) groups is 1. The van der Waals surface area contributed by atoms with Crippen molar-refractivity contribution in [2.75, 3.05) is 32.8 Å². The fourth-order valence-corrected chi connectivity index (χ4v) is 4.63. The molecule has 1 atom stereocenters. The average molecular weight is 483 g/mol. The molecular formula is C29H30N4O3. The monoisotopic (exact) mass is 482 g/mol. The van der Waals surface area contributed by atoms with Gasteiger partial charge in [-0.3, -0.25) is 19.1 Å². The van der Waals surface area contributed by atoms with Gasteiger partial charge in [0.15, 0.2) is 0 Å². The second-order valence-electron chi connectivity index (χ2n) is 9.21. The first kappa shape index (κ1) is 23.9. The van der Waals surface area contributed by atoms with E-state index in [1.165, 1.54) is 5.56 Å². The number of nitrogens with one attached hydrogen (secondary N) is 1. The molecule has 0 bridgehead atoms. The Bertz CT molecular complexity index is 1420. The summed E-state index contributed by atoms with van der Waals surface area (Å²) in [7, 11) is 0. The van der Waals surface area contributed by atoms with Crippen molar-refractivity contribution in [1.29, 1.82) is 0 Å². The van der Waals surface area contributed by atoms with E-state index in [0.717, 1.165) is 18.7 Å². The van der Waals surface area contributed by atoms with E-state index < -0.39 is 0 Å². The van der Waals surface area contributed by atoms with E-state index >= 15 is 0 Å². The summed E-state index contributed by atoms with van der Waals surface area (Å²) >= 11 is 0. The van der Waals surface area contributed by atoms with Crippen molar-refractivity contribution < 1.29 is 9.53 Å². The zero-order chi connectivity index (χ0) is 25.1. The van der Waals surface area contributed by atoms with Gasteiger partial charge in [0.2, 0.25) is 0 Å². The third kappa shape index (κ3) is 5.08. The topological polar surface area (TPSA) is 76.5 Å². The van der Waals surface area contributed by atoms with Crippen molar-refractivity contribution in [3.05, 3.63) is 106 Å². The number of aryl methyl sites for hydroxylation is 2. The van der Waals surface area contributed by atoms with E-state index in [9.17, 15) is 9.59 Å². The standard InChI is InChI=1S/C29H30N4O3/c1-20-7-9-22(10-8-20)27(19-32-15-17-36-18-16-32)31-28(34)23-11-13-24(14-12-23)33-21(2)30-26-6-4-3-5-25(26)29(33)35/h3-14,27H,15-19H2,1-2H3,(H,31,34)/t27-/m0/s1. The molecule has 184 valence electrons. The minimum Gasteiger partial charge on any atom is -0.379 e. The molecule has 2 heterocycles. The number of morpholine rings is 1. The van der Waals surface area contributed by atoms with Crippen LogP contribution < -0.4 is 10.9 Å². The maximum Gasteiger partial charge on any atom is 0.265 e. The van der Waals surface area contributed by atoms with Crippen LogP contribution in [0.5, 0.6) is 0 Å². The molecule has 1 aliphatic heterocycles. The van der Waals surface area contributed by atoms with Crippen LogP contribution in [-0.4, -0.2) is 53.2 Å². The lowest BCUT2D eigenvalue weighted by Crippen LogP contribution is -2.43. The molecule has 1 aromatic heterocycles. The number of amides is 1. The number of fused-ring (bicyclic) bond motifs is 1. The first-order valence-corrected chi connectivity index (χ1v) is 12.3. The molecule has 0 saturated carbocycles. The zero-order valence-corrected chi connectivity index (χ0v) is 20.6. The molecule has 3 aromatic carbocycles. The van der Waals surface area contributed by atoms with Gasteiger partial charge in [-0.25, -0.2) is 4.98 Å². The fraction of sp³-hybridized carbons (Fsp3) is 0.276. The summed E-state index contributed by atoms with van der Waals surface area (Å²) in [6.45, 7) is 7.69. The van der Waals surface area contributed by atoms with Gasteiger partial charge in [-0.1, -0.05) is 42.0 Å². The van der Waals surface area contributed by atoms with Gasteiger partial charge >= 0.3 is 0 Å². The molecule has 7 nitrogen and oxygen atoms in total. The van der Waals surface area contributed by atoms with Crippen LogP contribution in [0.4, 0.5) is 0 Å². The summed E-state index contributed by atoms with van der Waals surface area (Å²) in [6.07, 6.45) is 0. The van der Waals surface area contributed by atoms with Gasteiger partial charge in [-0.2, -0.15) is 0 Å². The highest BCUT2D eigenvalue weighted by atomic mass is 16.5. The smallest absolute Gasteiger partial charge is 0.265 e. The summed E-state index contributed by atoms with van der Waals surface area (Å²) in [5, 5.41) is 3.78. The van der Waals surface area contributed by atoms with Crippen LogP contribution in [0, 0.1) is 13.8 Å². The van der Waals surface area contributed by atoms with Crippen molar-refractivity contribution >= 4 is 16.8 Å². The van der Waals surface area contributed by atoms with Gasteiger partial charge in [-0.05, 0) is 55.8 Å². The summed E-state index contributed by atoms with van der Waals surface area (Å²) in [4.78, 5) is 33.3. The second kappa shape index (κ2) is 10.4. The van der Waals surface area contributed by atoms with Crippen LogP contribution in [0.15, 0.2) is 77.6 Å². The van der Waals surface area contributed by atoms with E-state index in [4.69, 9.17) is 4.74 Å². The number of nitrogens with zero attached hydrogens (tertiary/aromatic N) is 3. The van der Waals surface area contributed by atoms with E-state index in [-0.39, 0.29) is 17.5 Å². The van der Waals surface area contributed by atoms with E-state index in [2.05, 4.69) is 46.4 Å². The fourth-order valence-electron chi connectivity index (χ4n) is 4.63. The predicted molar refractivity (Wildman–Crippen MR) is 141 cm³/mol. The van der Waals surface area contributed by atoms with Gasteiger partial charge in [-0.15, -0.1) is 0 Å². The first-order valence-electron chi connectivity index (χ1n) is 12.3. The molecule has 0 aliphatic carbocycles. The van der Waals surface area contributed by atoms with Crippen LogP contribution in [-0.2, 0) is 4.74 Å². The van der Waals surface area contributed by atoms with Crippen LogP contribution in [0.2, 0.25) is 0 Å². The molecule has 4 aromatic rings. The van der Waals surface area contributed by atoms with Gasteiger partial charge in [0.1, 0.15) is 5.82 Å². The van der Waals surface area contributed by atoms with Gasteiger partial charge in [0, 0.05) is 25.2 Å². The maximum absolute atomic E-state index is 13.3. The third-order valence-corrected chi connectivity index (χ3v) is 6.66. The lowest BCUT2D eigenvalue weighted by Gasteiger charge is -2.31. The number of hydrogen-bond donors (Lipinski definition) is 1. The Labute approximate surface area is 210 Å². The van der Waals surface area contributed by atoms with Crippen molar-refractivity contribution in [3.63, 3.8) is 0 Å². The Morgan fingerprint density at radius 3 is 2.39 bits per heavy atom. The van der Waals surface area contributed by atoms with Crippen LogP contribution in [0.1, 0.15) is 33.4 Å². The van der Waals surface area contributed by atoms with Gasteiger partial charge in [0.05, 0.1) is 35.8 Å². The van der Waals surface area contributed by atoms with Crippen molar-refractivity contribution in [2.24, 2.45) is 0 Å². The van der Waals surface area contributed by atoms with E-state index in [0.29, 0.717) is 47.7 Å². The lowest BCUT2D eigenvalue weighted by molar-refractivity contribution is 0.0332. The Hall–Kier alpha value is -3.81. The number of aromatic nitrogens is 2. The molecule has 1 fully saturated rings. The zero-order valence-electron chi connectivity index (χ0n) is 20.6. The highest BCUT2D eigenvalue weighted by Gasteiger charge is 2.21. The number of para-hydroxylation sites is 1. The van der Waals surface area contributed by atoms with Gasteiger partial charge in [0.25, 0.3) is 11.5 Å². The molecule has 7 heteroatoms. The lowest BCUT2D eigenvalue weighted by atomic mass is 10.0. The van der Waals surface area contributed by atoms with E-state index in [1.54, 1.807) is 34.9 Å². The predicted octanol–water partition coefficient (Wildman–Crippen LogP) is 3.81. The maximum atomic E-state index is 13.3. The minimum atomic E-state index is -0.152.